The summed E-state index contributed by atoms with van der Waals surface area (Å²) in [5.41, 5.74) is 7.12. The Labute approximate surface area is 156 Å². The van der Waals surface area contributed by atoms with E-state index in [4.69, 9.17) is 0 Å². The molecular formula is C21H25ClN2O. The summed E-state index contributed by atoms with van der Waals surface area (Å²) in [4.78, 5) is 16.7. The molecule has 1 unspecified atom stereocenters. The van der Waals surface area contributed by atoms with Crippen LogP contribution in [0.4, 0.5) is 0 Å². The molecule has 4 rings (SSSR count). The van der Waals surface area contributed by atoms with Crippen LogP contribution in [0.5, 0.6) is 0 Å². The van der Waals surface area contributed by atoms with Crippen LogP contribution in [0.2, 0.25) is 0 Å². The molecule has 1 aliphatic carbocycles. The van der Waals surface area contributed by atoms with Gasteiger partial charge in [-0.25, -0.2) is 0 Å². The van der Waals surface area contributed by atoms with Crippen LogP contribution >= 0.6 is 12.4 Å². The van der Waals surface area contributed by atoms with Crippen molar-refractivity contribution < 1.29 is 4.79 Å². The molecule has 0 radical (unpaired) electrons. The number of carbonyl (C=O) groups excluding carboxylic acids is 1. The van der Waals surface area contributed by atoms with Crippen LogP contribution in [0, 0.1) is 0 Å². The number of hydrogen-bond donors (Lipinski definition) is 0. The predicted octanol–water partition coefficient (Wildman–Crippen LogP) is 3.24. The van der Waals surface area contributed by atoms with Crippen LogP contribution in [0.1, 0.15) is 33.7 Å². The molecule has 2 aliphatic rings. The number of rotatable bonds is 2. The highest BCUT2D eigenvalue weighted by Gasteiger charge is 2.33. The molecule has 0 spiro atoms. The van der Waals surface area contributed by atoms with Gasteiger partial charge in [-0.2, -0.15) is 0 Å². The van der Waals surface area contributed by atoms with Gasteiger partial charge in [-0.05, 0) is 54.8 Å². The minimum Gasteiger partial charge on any atom is -0.336 e. The van der Waals surface area contributed by atoms with E-state index in [1.807, 2.05) is 23.9 Å². The summed E-state index contributed by atoms with van der Waals surface area (Å²) >= 11 is 0. The molecule has 0 saturated carbocycles. The number of fused-ring (bicyclic) bond motifs is 2. The second kappa shape index (κ2) is 7.19. The number of amides is 1. The summed E-state index contributed by atoms with van der Waals surface area (Å²) in [6.07, 6.45) is 2.19. The maximum Gasteiger partial charge on any atom is 0.237 e. The van der Waals surface area contributed by atoms with Crippen LogP contribution < -0.4 is 0 Å². The fraction of sp³-hybridized carbons (Fsp3) is 0.381. The summed E-state index contributed by atoms with van der Waals surface area (Å²) in [6.45, 7) is 2.02. The largest absolute Gasteiger partial charge is 0.336 e. The summed E-state index contributed by atoms with van der Waals surface area (Å²) in [5, 5.41) is 0. The number of benzene rings is 2. The van der Waals surface area contributed by atoms with Gasteiger partial charge in [-0.1, -0.05) is 42.5 Å². The average molecular weight is 357 g/mol. The summed E-state index contributed by atoms with van der Waals surface area (Å²) in [6, 6.07) is 15.4. The van der Waals surface area contributed by atoms with Gasteiger partial charge in [0.1, 0.15) is 0 Å². The van der Waals surface area contributed by atoms with E-state index >= 15 is 0 Å². The molecule has 0 N–H and O–H groups in total. The molecule has 1 aliphatic heterocycles. The van der Waals surface area contributed by atoms with Crippen LogP contribution in [0.25, 0.3) is 0 Å². The zero-order chi connectivity index (χ0) is 16.7. The van der Waals surface area contributed by atoms with E-state index in [0.29, 0.717) is 12.5 Å². The van der Waals surface area contributed by atoms with Gasteiger partial charge >= 0.3 is 0 Å². The quantitative estimate of drug-likeness (QED) is 0.824. The van der Waals surface area contributed by atoms with E-state index < -0.39 is 0 Å². The zero-order valence-electron chi connectivity index (χ0n) is 14.9. The maximum absolute atomic E-state index is 12.7. The fourth-order valence-electron chi connectivity index (χ4n) is 4.24. The first kappa shape index (κ1) is 18.0. The monoisotopic (exact) mass is 356 g/mol. The molecule has 2 aromatic rings. The van der Waals surface area contributed by atoms with Gasteiger partial charge in [0.05, 0.1) is 6.54 Å². The van der Waals surface area contributed by atoms with Crippen molar-refractivity contribution in [3.63, 3.8) is 0 Å². The first-order chi connectivity index (χ1) is 11.6. The number of hydrogen-bond acceptors (Lipinski definition) is 2. The lowest BCUT2D eigenvalue weighted by molar-refractivity contribution is -0.133. The Morgan fingerprint density at radius 1 is 1.04 bits per heavy atom. The second-order valence-electron chi connectivity index (χ2n) is 7.25. The summed E-state index contributed by atoms with van der Waals surface area (Å²) in [7, 11) is 3.91. The van der Waals surface area contributed by atoms with Crippen LogP contribution in [-0.4, -0.2) is 42.9 Å². The van der Waals surface area contributed by atoms with Gasteiger partial charge in [0.2, 0.25) is 5.91 Å². The topological polar surface area (TPSA) is 23.6 Å². The average Bonchev–Trinajstić information content (AvgIpc) is 2.73. The Kier molecular flexibility index (Phi) is 5.16. The number of halogens is 1. The Morgan fingerprint density at radius 3 is 2.52 bits per heavy atom. The van der Waals surface area contributed by atoms with Crippen LogP contribution in [0.3, 0.4) is 0 Å². The third-order valence-corrected chi connectivity index (χ3v) is 5.30. The van der Waals surface area contributed by atoms with Crippen molar-refractivity contribution in [1.29, 1.82) is 0 Å². The molecular weight excluding hydrogens is 332 g/mol. The Balaban J connectivity index is 0.00000182. The maximum atomic E-state index is 12.7. The zero-order valence-corrected chi connectivity index (χ0v) is 15.7. The summed E-state index contributed by atoms with van der Waals surface area (Å²) in [5.74, 6) is 0.535. The van der Waals surface area contributed by atoms with E-state index in [2.05, 4.69) is 42.5 Å². The molecule has 2 aromatic carbocycles. The molecule has 1 amide bonds. The van der Waals surface area contributed by atoms with Gasteiger partial charge in [0.25, 0.3) is 0 Å². The Hall–Kier alpha value is -1.84. The van der Waals surface area contributed by atoms with Gasteiger partial charge < -0.3 is 9.80 Å². The molecule has 0 fully saturated rings. The van der Waals surface area contributed by atoms with Gasteiger partial charge in [0, 0.05) is 19.0 Å². The van der Waals surface area contributed by atoms with Gasteiger partial charge in [-0.15, -0.1) is 12.4 Å². The Bertz CT molecular complexity index is 787. The molecule has 3 nitrogen and oxygen atoms in total. The van der Waals surface area contributed by atoms with Gasteiger partial charge in [0.15, 0.2) is 0 Å². The Morgan fingerprint density at radius 2 is 1.72 bits per heavy atom. The van der Waals surface area contributed by atoms with Crippen molar-refractivity contribution in [2.75, 3.05) is 27.2 Å². The van der Waals surface area contributed by atoms with Crippen LogP contribution in [-0.2, 0) is 24.2 Å². The predicted molar refractivity (Wildman–Crippen MR) is 103 cm³/mol. The first-order valence-corrected chi connectivity index (χ1v) is 8.74. The van der Waals surface area contributed by atoms with Gasteiger partial charge in [-0.3, -0.25) is 4.79 Å². The number of likely N-dealkylation sites (N-methyl/N-ethyl adjacent to an activating group) is 1. The number of carbonyl (C=O) groups is 1. The third kappa shape index (κ3) is 3.31. The van der Waals surface area contributed by atoms with Crippen molar-refractivity contribution in [3.8, 4) is 0 Å². The minimum absolute atomic E-state index is 0. The molecule has 25 heavy (non-hydrogen) atoms. The van der Waals surface area contributed by atoms with E-state index in [0.717, 1.165) is 25.9 Å². The first-order valence-electron chi connectivity index (χ1n) is 8.74. The number of nitrogens with zero attached hydrogens (tertiary/aromatic N) is 2. The van der Waals surface area contributed by atoms with Crippen molar-refractivity contribution in [1.82, 2.24) is 9.80 Å². The molecule has 1 atom stereocenters. The standard InChI is InChI=1S/C21H24N2O.ClH/c1-22(2)14-20(24)23-12-17-8-5-7-16-11-10-15-6-3-4-9-18(15)19(13-23)21(16)17;/h3-9,19H,10-14H2,1-2H3;1H. The number of aryl methyl sites for hydroxylation is 2. The highest BCUT2D eigenvalue weighted by molar-refractivity contribution is 5.85. The molecule has 0 aromatic heterocycles. The fourth-order valence-corrected chi connectivity index (χ4v) is 4.24. The van der Waals surface area contributed by atoms with Crippen molar-refractivity contribution in [3.05, 3.63) is 70.3 Å². The lowest BCUT2D eigenvalue weighted by Gasteiger charge is -2.36. The molecule has 132 valence electrons. The summed E-state index contributed by atoms with van der Waals surface area (Å²) < 4.78 is 0. The lowest BCUT2D eigenvalue weighted by atomic mass is 9.82. The highest BCUT2D eigenvalue weighted by atomic mass is 35.5. The minimum atomic E-state index is 0. The smallest absolute Gasteiger partial charge is 0.237 e. The molecule has 0 bridgehead atoms. The van der Waals surface area contributed by atoms with E-state index in [1.165, 1.54) is 27.8 Å². The van der Waals surface area contributed by atoms with E-state index in [-0.39, 0.29) is 18.3 Å². The van der Waals surface area contributed by atoms with Crippen molar-refractivity contribution in [2.24, 2.45) is 0 Å². The van der Waals surface area contributed by atoms with E-state index in [1.54, 1.807) is 0 Å². The third-order valence-electron chi connectivity index (χ3n) is 5.30. The van der Waals surface area contributed by atoms with Crippen LogP contribution in [0.15, 0.2) is 42.5 Å². The lowest BCUT2D eigenvalue weighted by Crippen LogP contribution is -2.42. The molecule has 4 heteroatoms. The van der Waals surface area contributed by atoms with Crippen molar-refractivity contribution >= 4 is 18.3 Å². The highest BCUT2D eigenvalue weighted by Crippen LogP contribution is 2.40. The SMILES string of the molecule is CN(C)CC(=O)N1Cc2cccc3c2C(C1)c1ccccc1CC3.Cl. The molecule has 0 saturated heterocycles. The van der Waals surface area contributed by atoms with Crippen molar-refractivity contribution in [2.45, 2.75) is 25.3 Å². The normalized spacial score (nSPS) is 18.0. The van der Waals surface area contributed by atoms with E-state index in [9.17, 15) is 4.79 Å². The second-order valence-corrected chi connectivity index (χ2v) is 7.25. The molecule has 1 heterocycles.